The largest absolute Gasteiger partial charge is 0.355 e. The molecule has 1 aromatic carbocycles. The molecule has 5 heteroatoms. The van der Waals surface area contributed by atoms with Crippen LogP contribution >= 0.6 is 11.6 Å². The number of aryl methyl sites for hydroxylation is 1. The first-order chi connectivity index (χ1) is 8.22. The van der Waals surface area contributed by atoms with E-state index in [4.69, 9.17) is 11.6 Å². The fourth-order valence-electron chi connectivity index (χ4n) is 1.78. The Morgan fingerprint density at radius 2 is 2.24 bits per heavy atom. The molecule has 2 aromatic rings. The maximum absolute atomic E-state index is 11.0. The van der Waals surface area contributed by atoms with Crippen LogP contribution in [0.15, 0.2) is 24.3 Å². The highest BCUT2D eigenvalue weighted by molar-refractivity contribution is 6.27. The number of nitrogens with one attached hydrogen (secondary N) is 1. The van der Waals surface area contributed by atoms with Gasteiger partial charge < -0.3 is 9.88 Å². The van der Waals surface area contributed by atoms with Crippen molar-refractivity contribution in [2.45, 2.75) is 6.42 Å². The molecule has 1 amide bonds. The van der Waals surface area contributed by atoms with E-state index in [1.807, 2.05) is 35.9 Å². The summed E-state index contributed by atoms with van der Waals surface area (Å²) in [5.41, 5.74) is 2.08. The highest BCUT2D eigenvalue weighted by atomic mass is 35.5. The molecule has 0 aliphatic rings. The number of para-hydroxylation sites is 2. The Balaban J connectivity index is 2.09. The number of aromatic nitrogens is 2. The van der Waals surface area contributed by atoms with Crippen LogP contribution in [0.4, 0.5) is 0 Å². The Morgan fingerprint density at radius 3 is 2.94 bits per heavy atom. The molecule has 1 aromatic heterocycles. The first-order valence-electron chi connectivity index (χ1n) is 5.45. The zero-order chi connectivity index (χ0) is 12.3. The van der Waals surface area contributed by atoms with E-state index in [1.54, 1.807) is 0 Å². The Morgan fingerprint density at radius 1 is 1.47 bits per heavy atom. The number of carbonyl (C=O) groups excluding carboxylic acids is 1. The second-order valence-electron chi connectivity index (χ2n) is 3.81. The molecular weight excluding hydrogens is 238 g/mol. The van der Waals surface area contributed by atoms with Crippen LogP contribution in [0.1, 0.15) is 5.82 Å². The Hall–Kier alpha value is -1.55. The molecule has 0 spiro atoms. The fourth-order valence-corrected chi connectivity index (χ4v) is 1.87. The van der Waals surface area contributed by atoms with Gasteiger partial charge in [-0.1, -0.05) is 12.1 Å². The lowest BCUT2D eigenvalue weighted by molar-refractivity contribution is -0.118. The Kier molecular flexibility index (Phi) is 3.64. The van der Waals surface area contributed by atoms with Crippen LogP contribution in [0.5, 0.6) is 0 Å². The van der Waals surface area contributed by atoms with Gasteiger partial charge in [-0.15, -0.1) is 11.6 Å². The average molecular weight is 252 g/mol. The summed E-state index contributed by atoms with van der Waals surface area (Å²) < 4.78 is 2.04. The predicted octanol–water partition coefficient (Wildman–Crippen LogP) is 1.47. The number of amides is 1. The molecule has 2 rings (SSSR count). The number of hydrogen-bond acceptors (Lipinski definition) is 2. The molecule has 0 atom stereocenters. The summed E-state index contributed by atoms with van der Waals surface area (Å²) >= 11 is 5.40. The van der Waals surface area contributed by atoms with Gasteiger partial charge in [0.15, 0.2) is 0 Å². The zero-order valence-corrected chi connectivity index (χ0v) is 10.4. The summed E-state index contributed by atoms with van der Waals surface area (Å²) in [7, 11) is 1.98. The normalized spacial score (nSPS) is 10.7. The van der Waals surface area contributed by atoms with E-state index in [0.717, 1.165) is 16.9 Å². The lowest BCUT2D eigenvalue weighted by atomic mass is 10.3. The van der Waals surface area contributed by atoms with Crippen LogP contribution in [-0.4, -0.2) is 27.9 Å². The van der Waals surface area contributed by atoms with Crippen LogP contribution in [0, 0.1) is 0 Å². The van der Waals surface area contributed by atoms with Gasteiger partial charge in [-0.2, -0.15) is 0 Å². The number of carbonyl (C=O) groups is 1. The minimum atomic E-state index is -0.148. The molecule has 17 heavy (non-hydrogen) atoms. The van der Waals surface area contributed by atoms with Gasteiger partial charge in [0.25, 0.3) is 0 Å². The predicted molar refractivity (Wildman–Crippen MR) is 68.1 cm³/mol. The summed E-state index contributed by atoms with van der Waals surface area (Å²) in [6.45, 7) is 0.558. The minimum absolute atomic E-state index is 0.00252. The maximum atomic E-state index is 11.0. The number of halogens is 1. The quantitative estimate of drug-likeness (QED) is 0.837. The molecule has 0 saturated carbocycles. The summed E-state index contributed by atoms with van der Waals surface area (Å²) in [6.07, 6.45) is 0.702. The molecule has 0 unspecified atom stereocenters. The van der Waals surface area contributed by atoms with E-state index in [1.165, 1.54) is 0 Å². The highest BCUT2D eigenvalue weighted by Crippen LogP contribution is 2.14. The van der Waals surface area contributed by atoms with E-state index in [9.17, 15) is 4.79 Å². The SMILES string of the molecule is Cn1c(CCNC(=O)CCl)nc2ccccc21. The molecule has 0 radical (unpaired) electrons. The third-order valence-electron chi connectivity index (χ3n) is 2.67. The maximum Gasteiger partial charge on any atom is 0.234 e. The van der Waals surface area contributed by atoms with Gasteiger partial charge in [0.05, 0.1) is 11.0 Å². The number of benzene rings is 1. The number of nitrogens with zero attached hydrogens (tertiary/aromatic N) is 2. The first kappa shape index (κ1) is 11.9. The van der Waals surface area contributed by atoms with Gasteiger partial charge >= 0.3 is 0 Å². The Bertz CT molecular complexity index is 536. The van der Waals surface area contributed by atoms with Gasteiger partial charge in [0.1, 0.15) is 11.7 Å². The summed E-state index contributed by atoms with van der Waals surface area (Å²) in [6, 6.07) is 7.97. The molecule has 1 N–H and O–H groups in total. The van der Waals surface area contributed by atoms with Crippen LogP contribution in [0.3, 0.4) is 0 Å². The lowest BCUT2D eigenvalue weighted by Crippen LogP contribution is -2.27. The van der Waals surface area contributed by atoms with Gasteiger partial charge in [0.2, 0.25) is 5.91 Å². The van der Waals surface area contributed by atoms with Crippen molar-refractivity contribution in [2.24, 2.45) is 7.05 Å². The second kappa shape index (κ2) is 5.19. The average Bonchev–Trinajstić information content (AvgIpc) is 2.67. The number of rotatable bonds is 4. The summed E-state index contributed by atoms with van der Waals surface area (Å²) in [5.74, 6) is 0.814. The summed E-state index contributed by atoms with van der Waals surface area (Å²) in [5, 5.41) is 2.73. The van der Waals surface area contributed by atoms with E-state index in [0.29, 0.717) is 13.0 Å². The van der Waals surface area contributed by atoms with Crippen LogP contribution in [0.2, 0.25) is 0 Å². The van der Waals surface area contributed by atoms with Crippen LogP contribution in [-0.2, 0) is 18.3 Å². The highest BCUT2D eigenvalue weighted by Gasteiger charge is 2.06. The standard InChI is InChI=1S/C12H14ClN3O/c1-16-10-5-3-2-4-9(10)15-11(16)6-7-14-12(17)8-13/h2-5H,6-8H2,1H3,(H,14,17). The topological polar surface area (TPSA) is 46.9 Å². The molecule has 0 saturated heterocycles. The van der Waals surface area contributed by atoms with E-state index >= 15 is 0 Å². The van der Waals surface area contributed by atoms with Crippen molar-refractivity contribution >= 4 is 28.5 Å². The van der Waals surface area contributed by atoms with Crippen LogP contribution in [0.25, 0.3) is 11.0 Å². The van der Waals surface area contributed by atoms with Crippen molar-refractivity contribution in [1.29, 1.82) is 0 Å². The molecular formula is C12H14ClN3O. The number of imidazole rings is 1. The van der Waals surface area contributed by atoms with Gasteiger partial charge in [-0.05, 0) is 12.1 Å². The van der Waals surface area contributed by atoms with E-state index in [-0.39, 0.29) is 11.8 Å². The molecule has 0 aliphatic heterocycles. The van der Waals surface area contributed by atoms with Crippen molar-refractivity contribution in [1.82, 2.24) is 14.9 Å². The monoisotopic (exact) mass is 251 g/mol. The van der Waals surface area contributed by atoms with Gasteiger partial charge in [0, 0.05) is 20.0 Å². The molecule has 4 nitrogen and oxygen atoms in total. The van der Waals surface area contributed by atoms with Gasteiger partial charge in [-0.3, -0.25) is 4.79 Å². The number of hydrogen-bond donors (Lipinski definition) is 1. The second-order valence-corrected chi connectivity index (χ2v) is 4.08. The van der Waals surface area contributed by atoms with Crippen molar-refractivity contribution < 1.29 is 4.79 Å². The molecule has 0 aliphatic carbocycles. The fraction of sp³-hybridized carbons (Fsp3) is 0.333. The molecule has 1 heterocycles. The molecule has 90 valence electrons. The third kappa shape index (κ3) is 2.58. The third-order valence-corrected chi connectivity index (χ3v) is 2.91. The van der Waals surface area contributed by atoms with Gasteiger partial charge in [-0.25, -0.2) is 4.98 Å². The lowest BCUT2D eigenvalue weighted by Gasteiger charge is -2.03. The zero-order valence-electron chi connectivity index (χ0n) is 9.61. The van der Waals surface area contributed by atoms with E-state index < -0.39 is 0 Å². The molecule has 0 bridgehead atoms. The number of fused-ring (bicyclic) bond motifs is 1. The first-order valence-corrected chi connectivity index (χ1v) is 5.99. The number of alkyl halides is 1. The van der Waals surface area contributed by atoms with Crippen molar-refractivity contribution in [3.63, 3.8) is 0 Å². The summed E-state index contributed by atoms with van der Waals surface area (Å²) in [4.78, 5) is 15.5. The van der Waals surface area contributed by atoms with Crippen molar-refractivity contribution in [3.8, 4) is 0 Å². The smallest absolute Gasteiger partial charge is 0.234 e. The van der Waals surface area contributed by atoms with E-state index in [2.05, 4.69) is 10.3 Å². The van der Waals surface area contributed by atoms with Crippen molar-refractivity contribution in [3.05, 3.63) is 30.1 Å². The Labute approximate surface area is 105 Å². The van der Waals surface area contributed by atoms with Crippen LogP contribution < -0.4 is 5.32 Å². The van der Waals surface area contributed by atoms with Crippen molar-refractivity contribution in [2.75, 3.05) is 12.4 Å². The molecule has 0 fully saturated rings. The minimum Gasteiger partial charge on any atom is -0.355 e.